The van der Waals surface area contributed by atoms with E-state index >= 15 is 4.39 Å². The Hall–Kier alpha value is -3.03. The highest BCUT2D eigenvalue weighted by atomic mass is 32.2. The number of hydrogen-bond donors (Lipinski definition) is 0. The Labute approximate surface area is 208 Å². The van der Waals surface area contributed by atoms with E-state index in [1.165, 1.54) is 11.6 Å². The maximum Gasteiger partial charge on any atom is 0.249 e. The molecule has 5 nitrogen and oxygen atoms in total. The van der Waals surface area contributed by atoms with Crippen LogP contribution in [0.1, 0.15) is 24.8 Å². The van der Waals surface area contributed by atoms with E-state index in [2.05, 4.69) is 4.90 Å². The van der Waals surface area contributed by atoms with Crippen LogP contribution in [0.2, 0.25) is 0 Å². The van der Waals surface area contributed by atoms with Gasteiger partial charge in [0.15, 0.2) is 4.90 Å². The van der Waals surface area contributed by atoms with E-state index in [4.69, 9.17) is 4.74 Å². The molecule has 1 fully saturated rings. The minimum absolute atomic E-state index is 0.0679. The van der Waals surface area contributed by atoms with Crippen molar-refractivity contribution in [3.63, 3.8) is 0 Å². The molecular formula is C28H29FN2O3S. The maximum atomic E-state index is 15.4. The van der Waals surface area contributed by atoms with Gasteiger partial charge in [0.05, 0.1) is 12.8 Å². The second kappa shape index (κ2) is 9.91. The van der Waals surface area contributed by atoms with Crippen LogP contribution in [0.3, 0.4) is 0 Å². The predicted octanol–water partition coefficient (Wildman–Crippen LogP) is 5.19. The van der Waals surface area contributed by atoms with Crippen molar-refractivity contribution in [3.05, 3.63) is 72.0 Å². The number of methoxy groups -OCH3 is 1. The van der Waals surface area contributed by atoms with E-state index < -0.39 is 17.0 Å². The molecule has 0 aliphatic carbocycles. The van der Waals surface area contributed by atoms with Gasteiger partial charge in [-0.05, 0) is 90.5 Å². The Balaban J connectivity index is 1.43. The third kappa shape index (κ3) is 4.50. The summed E-state index contributed by atoms with van der Waals surface area (Å²) < 4.78 is 32.9. The first kappa shape index (κ1) is 23.7. The molecule has 2 unspecified atom stereocenters. The van der Waals surface area contributed by atoms with Gasteiger partial charge in [-0.25, -0.2) is 4.39 Å². The van der Waals surface area contributed by atoms with Crippen molar-refractivity contribution in [2.45, 2.75) is 36.6 Å². The normalized spacial score (nSPS) is 18.9. The zero-order valence-corrected chi connectivity index (χ0v) is 20.8. The average molecular weight is 493 g/mol. The summed E-state index contributed by atoms with van der Waals surface area (Å²) in [5, 5.41) is 0. The van der Waals surface area contributed by atoms with E-state index in [-0.39, 0.29) is 11.9 Å². The molecular weight excluding hydrogens is 463 g/mol. The first-order chi connectivity index (χ1) is 17.0. The summed E-state index contributed by atoms with van der Waals surface area (Å²) in [6.45, 7) is 1.29. The van der Waals surface area contributed by atoms with Gasteiger partial charge in [0.25, 0.3) is 0 Å². The highest BCUT2D eigenvalue weighted by molar-refractivity contribution is 7.90. The first-order valence-corrected chi connectivity index (χ1v) is 13.5. The highest BCUT2D eigenvalue weighted by Gasteiger charge is 2.36. The summed E-state index contributed by atoms with van der Waals surface area (Å²) in [7, 11) is 1.66. The topological polar surface area (TPSA) is 55.8 Å². The van der Waals surface area contributed by atoms with Crippen LogP contribution in [-0.2, 0) is 22.4 Å². The number of benzene rings is 3. The molecule has 0 spiro atoms. The standard InChI is InChI=1S/C28H29FN2O3S/c1-34-21-12-14-24-20(17-21)7-5-15-30(24)26-9-6-16-31(28(26)32)25-13-11-19(18-23(25)29)22-8-3-4-10-27(22)35(2)33/h3-4,8,10-14,17-18,26H,5-7,9,15-16H2,1-2H3. The Morgan fingerprint density at radius 1 is 1.03 bits per heavy atom. The molecule has 182 valence electrons. The number of carbonyl (C=O) groups excluding carboxylic acids is 1. The van der Waals surface area contributed by atoms with Crippen LogP contribution in [0.15, 0.2) is 65.6 Å². The quantitative estimate of drug-likeness (QED) is 0.460. The van der Waals surface area contributed by atoms with Crippen molar-refractivity contribution in [1.29, 1.82) is 0 Å². The van der Waals surface area contributed by atoms with Gasteiger partial charge in [0.2, 0.25) is 5.91 Å². The van der Waals surface area contributed by atoms with Crippen LogP contribution in [0.25, 0.3) is 11.1 Å². The van der Waals surface area contributed by atoms with Gasteiger partial charge in [-0.1, -0.05) is 18.2 Å². The molecule has 0 N–H and O–H groups in total. The molecule has 2 heterocycles. The van der Waals surface area contributed by atoms with Crippen LogP contribution in [0.5, 0.6) is 5.75 Å². The lowest BCUT2D eigenvalue weighted by Crippen LogP contribution is -2.54. The Morgan fingerprint density at radius 2 is 1.83 bits per heavy atom. The number of rotatable bonds is 5. The van der Waals surface area contributed by atoms with E-state index in [9.17, 15) is 9.35 Å². The van der Waals surface area contributed by atoms with Gasteiger partial charge in [-0.15, -0.1) is 0 Å². The van der Waals surface area contributed by atoms with Gasteiger partial charge in [0.1, 0.15) is 23.9 Å². The molecule has 0 aromatic heterocycles. The molecule has 2 atom stereocenters. The molecule has 3 aromatic rings. The number of ether oxygens (including phenoxy) is 1. The minimum atomic E-state index is -1.19. The number of fused-ring (bicyclic) bond motifs is 1. The number of piperidine rings is 1. The van der Waals surface area contributed by atoms with Crippen LogP contribution in [-0.4, -0.2) is 43.0 Å². The molecule has 1 saturated heterocycles. The highest BCUT2D eigenvalue weighted by Crippen LogP contribution is 2.36. The van der Waals surface area contributed by atoms with Gasteiger partial charge in [0, 0.05) is 24.3 Å². The van der Waals surface area contributed by atoms with E-state index in [0.29, 0.717) is 22.7 Å². The second-order valence-corrected chi connectivity index (χ2v) is 10.4. The number of carbonyl (C=O) groups is 1. The zero-order valence-electron chi connectivity index (χ0n) is 20.0. The molecule has 0 saturated carbocycles. The summed E-state index contributed by atoms with van der Waals surface area (Å²) in [6.07, 6.45) is 5.08. The minimum Gasteiger partial charge on any atom is -0.612 e. The van der Waals surface area contributed by atoms with E-state index in [0.717, 1.165) is 49.2 Å². The molecule has 5 rings (SSSR count). The van der Waals surface area contributed by atoms with Gasteiger partial charge in [-0.3, -0.25) is 4.79 Å². The average Bonchev–Trinajstić information content (AvgIpc) is 2.88. The fraction of sp³-hybridized carbons (Fsp3) is 0.321. The van der Waals surface area contributed by atoms with Gasteiger partial charge < -0.3 is 19.1 Å². The third-order valence-corrected chi connectivity index (χ3v) is 7.95. The molecule has 1 amide bonds. The molecule has 0 radical (unpaired) electrons. The molecule has 2 aliphatic heterocycles. The van der Waals surface area contributed by atoms with E-state index in [1.807, 2.05) is 42.5 Å². The number of anilines is 2. The number of halogens is 1. The lowest BCUT2D eigenvalue weighted by molar-refractivity contribution is -0.121. The van der Waals surface area contributed by atoms with Crippen molar-refractivity contribution < 1.29 is 18.5 Å². The number of nitrogens with zero attached hydrogens (tertiary/aromatic N) is 2. The number of hydrogen-bond acceptors (Lipinski definition) is 4. The van der Waals surface area contributed by atoms with E-state index in [1.54, 1.807) is 30.4 Å². The van der Waals surface area contributed by atoms with Crippen LogP contribution >= 0.6 is 0 Å². The second-order valence-electron chi connectivity index (χ2n) is 9.06. The lowest BCUT2D eigenvalue weighted by Gasteiger charge is -2.42. The van der Waals surface area contributed by atoms with Crippen molar-refractivity contribution in [2.24, 2.45) is 0 Å². The first-order valence-electron chi connectivity index (χ1n) is 11.9. The van der Waals surface area contributed by atoms with Crippen molar-refractivity contribution in [2.75, 3.05) is 36.3 Å². The molecule has 3 aromatic carbocycles. The lowest BCUT2D eigenvalue weighted by atomic mass is 9.95. The van der Waals surface area contributed by atoms with Gasteiger partial charge in [-0.2, -0.15) is 0 Å². The molecule has 7 heteroatoms. The fourth-order valence-corrected chi connectivity index (χ4v) is 6.05. The summed E-state index contributed by atoms with van der Waals surface area (Å²) >= 11 is -1.19. The third-order valence-electron chi connectivity index (χ3n) is 6.97. The maximum absolute atomic E-state index is 15.4. The van der Waals surface area contributed by atoms with Crippen LogP contribution in [0, 0.1) is 5.82 Å². The smallest absolute Gasteiger partial charge is 0.249 e. The van der Waals surface area contributed by atoms with Crippen LogP contribution < -0.4 is 14.5 Å². The summed E-state index contributed by atoms with van der Waals surface area (Å²) in [4.78, 5) is 18.1. The SMILES string of the molecule is COc1ccc2c(c1)CCCN2C1CCCN(c2ccc(-c3ccccc3[S+](C)[O-])cc2F)C1=O. The van der Waals surface area contributed by atoms with Crippen molar-refractivity contribution in [1.82, 2.24) is 0 Å². The largest absolute Gasteiger partial charge is 0.612 e. The monoisotopic (exact) mass is 492 g/mol. The van der Waals surface area contributed by atoms with Crippen molar-refractivity contribution in [3.8, 4) is 16.9 Å². The predicted molar refractivity (Wildman–Crippen MR) is 138 cm³/mol. The van der Waals surface area contributed by atoms with Crippen molar-refractivity contribution >= 4 is 28.5 Å². The van der Waals surface area contributed by atoms with Gasteiger partial charge >= 0.3 is 0 Å². The Bertz CT molecular complexity index is 1250. The number of aryl methyl sites for hydroxylation is 1. The molecule has 35 heavy (non-hydrogen) atoms. The number of amides is 1. The Morgan fingerprint density at radius 3 is 2.60 bits per heavy atom. The molecule has 2 aliphatic rings. The summed E-state index contributed by atoms with van der Waals surface area (Å²) in [5.74, 6) is 0.302. The zero-order chi connectivity index (χ0) is 24.5. The molecule has 0 bridgehead atoms. The van der Waals surface area contributed by atoms with Crippen LogP contribution in [0.4, 0.5) is 15.8 Å². The summed E-state index contributed by atoms with van der Waals surface area (Å²) in [6, 6.07) is 17.9. The Kier molecular flexibility index (Phi) is 6.71. The fourth-order valence-electron chi connectivity index (χ4n) is 5.29. The summed E-state index contributed by atoms with van der Waals surface area (Å²) in [5.41, 5.74) is 3.93.